The number of rotatable bonds is 5. The van der Waals surface area contributed by atoms with Gasteiger partial charge in [-0.3, -0.25) is 9.69 Å². The highest BCUT2D eigenvalue weighted by atomic mass is 19.1. The number of pyridine rings is 1. The summed E-state index contributed by atoms with van der Waals surface area (Å²) in [6.07, 6.45) is 1.26. The second kappa shape index (κ2) is 8.25. The molecule has 2 aromatic rings. The molecule has 0 spiro atoms. The molecule has 0 bridgehead atoms. The van der Waals surface area contributed by atoms with Crippen molar-refractivity contribution in [3.63, 3.8) is 0 Å². The van der Waals surface area contributed by atoms with Crippen LogP contribution in [0, 0.1) is 5.82 Å². The quantitative estimate of drug-likeness (QED) is 0.855. The fourth-order valence-electron chi connectivity index (χ4n) is 3.02. The molecule has 1 aromatic heterocycles. The summed E-state index contributed by atoms with van der Waals surface area (Å²) in [6, 6.07) is 9.48. The molecule has 2 heterocycles. The lowest BCUT2D eigenvalue weighted by Gasteiger charge is -2.35. The molecule has 0 saturated carbocycles. The topological polar surface area (TPSA) is 68.7 Å². The van der Waals surface area contributed by atoms with Gasteiger partial charge in [0.2, 0.25) is 0 Å². The molecule has 0 radical (unpaired) electrons. The molecule has 1 amide bonds. The Morgan fingerprint density at radius 1 is 1.23 bits per heavy atom. The van der Waals surface area contributed by atoms with Gasteiger partial charge in [-0.2, -0.15) is 0 Å². The SMILES string of the molecule is CC(O)CN1CCN(c2ccc(NC(=O)c3ccccc3F)cn2)CC1. The van der Waals surface area contributed by atoms with Crippen LogP contribution in [0.15, 0.2) is 42.6 Å². The zero-order valence-corrected chi connectivity index (χ0v) is 14.7. The molecule has 2 N–H and O–H groups in total. The van der Waals surface area contributed by atoms with Crippen molar-refractivity contribution in [3.8, 4) is 0 Å². The summed E-state index contributed by atoms with van der Waals surface area (Å²) in [7, 11) is 0. The minimum atomic E-state index is -0.551. The van der Waals surface area contributed by atoms with E-state index < -0.39 is 11.7 Å². The number of anilines is 2. The van der Waals surface area contributed by atoms with E-state index in [1.54, 1.807) is 31.3 Å². The Labute approximate surface area is 152 Å². The maximum absolute atomic E-state index is 13.7. The van der Waals surface area contributed by atoms with E-state index in [4.69, 9.17) is 0 Å². The third kappa shape index (κ3) is 4.56. The van der Waals surface area contributed by atoms with Gasteiger partial charge in [0.05, 0.1) is 23.6 Å². The minimum Gasteiger partial charge on any atom is -0.392 e. The van der Waals surface area contributed by atoms with Gasteiger partial charge in [0, 0.05) is 32.7 Å². The zero-order valence-electron chi connectivity index (χ0n) is 14.7. The third-order valence-corrected chi connectivity index (χ3v) is 4.34. The Morgan fingerprint density at radius 2 is 1.96 bits per heavy atom. The zero-order chi connectivity index (χ0) is 18.5. The van der Waals surface area contributed by atoms with Gasteiger partial charge in [0.1, 0.15) is 11.6 Å². The van der Waals surface area contributed by atoms with Gasteiger partial charge in [0.25, 0.3) is 5.91 Å². The largest absolute Gasteiger partial charge is 0.392 e. The summed E-state index contributed by atoms with van der Waals surface area (Å²) in [5.74, 6) is -0.209. The maximum atomic E-state index is 13.7. The van der Waals surface area contributed by atoms with E-state index in [1.165, 1.54) is 12.1 Å². The maximum Gasteiger partial charge on any atom is 0.258 e. The van der Waals surface area contributed by atoms with Crippen molar-refractivity contribution in [2.75, 3.05) is 42.9 Å². The van der Waals surface area contributed by atoms with Crippen LogP contribution in [0.1, 0.15) is 17.3 Å². The van der Waals surface area contributed by atoms with Crippen LogP contribution < -0.4 is 10.2 Å². The molecule has 1 unspecified atom stereocenters. The number of aromatic nitrogens is 1. The minimum absolute atomic E-state index is 0.00538. The Balaban J connectivity index is 1.57. The highest BCUT2D eigenvalue weighted by molar-refractivity contribution is 6.04. The number of amides is 1. The van der Waals surface area contributed by atoms with E-state index in [0.29, 0.717) is 12.2 Å². The Hall–Kier alpha value is -2.51. The Morgan fingerprint density at radius 3 is 2.58 bits per heavy atom. The first kappa shape index (κ1) is 18.3. The van der Waals surface area contributed by atoms with Crippen LogP contribution in [0.5, 0.6) is 0 Å². The summed E-state index contributed by atoms with van der Waals surface area (Å²) < 4.78 is 13.7. The summed E-state index contributed by atoms with van der Waals surface area (Å²) >= 11 is 0. The molecule has 1 saturated heterocycles. The van der Waals surface area contributed by atoms with Gasteiger partial charge in [-0.1, -0.05) is 12.1 Å². The first-order valence-corrected chi connectivity index (χ1v) is 8.70. The van der Waals surface area contributed by atoms with E-state index in [9.17, 15) is 14.3 Å². The summed E-state index contributed by atoms with van der Waals surface area (Å²) in [4.78, 5) is 20.9. The molecule has 138 valence electrons. The van der Waals surface area contributed by atoms with Crippen molar-refractivity contribution in [1.29, 1.82) is 0 Å². The standard InChI is InChI=1S/C19H23FN4O2/c1-14(25)13-23-8-10-24(11-9-23)18-7-6-15(12-21-18)22-19(26)16-4-2-3-5-17(16)20/h2-7,12,14,25H,8-11,13H2,1H3,(H,22,26). The molecule has 1 fully saturated rings. The highest BCUT2D eigenvalue weighted by Crippen LogP contribution is 2.17. The second-order valence-corrected chi connectivity index (χ2v) is 6.48. The van der Waals surface area contributed by atoms with Crippen LogP contribution in [0.4, 0.5) is 15.9 Å². The van der Waals surface area contributed by atoms with Crippen LogP contribution in [0.25, 0.3) is 0 Å². The predicted molar refractivity (Wildman–Crippen MR) is 98.9 cm³/mol. The van der Waals surface area contributed by atoms with Crippen LogP contribution >= 0.6 is 0 Å². The molecule has 1 atom stereocenters. The predicted octanol–water partition coefficient (Wildman–Crippen LogP) is 1.98. The highest BCUT2D eigenvalue weighted by Gasteiger charge is 2.19. The summed E-state index contributed by atoms with van der Waals surface area (Å²) in [6.45, 7) is 5.89. The van der Waals surface area contributed by atoms with Crippen molar-refractivity contribution in [2.24, 2.45) is 0 Å². The van der Waals surface area contributed by atoms with Crippen LogP contribution in [0.2, 0.25) is 0 Å². The van der Waals surface area contributed by atoms with Crippen molar-refractivity contribution in [1.82, 2.24) is 9.88 Å². The third-order valence-electron chi connectivity index (χ3n) is 4.34. The van der Waals surface area contributed by atoms with Crippen molar-refractivity contribution in [3.05, 3.63) is 54.0 Å². The van der Waals surface area contributed by atoms with E-state index in [0.717, 1.165) is 32.0 Å². The lowest BCUT2D eigenvalue weighted by molar-refractivity contribution is 0.102. The number of aliphatic hydroxyl groups excluding tert-OH is 1. The first-order valence-electron chi connectivity index (χ1n) is 8.70. The average Bonchev–Trinajstić information content (AvgIpc) is 2.63. The molecule has 26 heavy (non-hydrogen) atoms. The van der Waals surface area contributed by atoms with Gasteiger partial charge < -0.3 is 15.3 Å². The van der Waals surface area contributed by atoms with E-state index in [2.05, 4.69) is 20.1 Å². The summed E-state index contributed by atoms with van der Waals surface area (Å²) in [5, 5.41) is 12.1. The van der Waals surface area contributed by atoms with E-state index in [1.807, 2.05) is 6.07 Å². The monoisotopic (exact) mass is 358 g/mol. The van der Waals surface area contributed by atoms with E-state index >= 15 is 0 Å². The second-order valence-electron chi connectivity index (χ2n) is 6.48. The number of aliphatic hydroxyl groups is 1. The number of halogens is 1. The smallest absolute Gasteiger partial charge is 0.258 e. The number of carbonyl (C=O) groups excluding carboxylic acids is 1. The van der Waals surface area contributed by atoms with E-state index in [-0.39, 0.29) is 11.7 Å². The molecule has 7 heteroatoms. The van der Waals surface area contributed by atoms with Crippen LogP contribution in [-0.4, -0.2) is 59.7 Å². The van der Waals surface area contributed by atoms with Gasteiger partial charge in [-0.05, 0) is 31.2 Å². The van der Waals surface area contributed by atoms with Gasteiger partial charge in [-0.25, -0.2) is 9.37 Å². The number of nitrogens with zero attached hydrogens (tertiary/aromatic N) is 3. The Kier molecular flexibility index (Phi) is 5.80. The number of hydrogen-bond acceptors (Lipinski definition) is 5. The normalized spacial score (nSPS) is 16.3. The molecule has 3 rings (SSSR count). The van der Waals surface area contributed by atoms with Crippen LogP contribution in [0.3, 0.4) is 0 Å². The summed E-state index contributed by atoms with van der Waals surface area (Å²) in [5.41, 5.74) is 0.528. The average molecular weight is 358 g/mol. The van der Waals surface area contributed by atoms with Crippen LogP contribution in [-0.2, 0) is 0 Å². The molecule has 1 aliphatic rings. The molecule has 1 aliphatic heterocycles. The fourth-order valence-corrected chi connectivity index (χ4v) is 3.02. The molecular weight excluding hydrogens is 335 g/mol. The number of nitrogens with one attached hydrogen (secondary N) is 1. The molecule has 6 nitrogen and oxygen atoms in total. The first-order chi connectivity index (χ1) is 12.5. The fraction of sp³-hybridized carbons (Fsp3) is 0.368. The number of piperazine rings is 1. The van der Waals surface area contributed by atoms with Gasteiger partial charge in [0.15, 0.2) is 0 Å². The van der Waals surface area contributed by atoms with Crippen molar-refractivity contribution >= 4 is 17.4 Å². The lowest BCUT2D eigenvalue weighted by atomic mass is 10.2. The van der Waals surface area contributed by atoms with Crippen molar-refractivity contribution < 1.29 is 14.3 Å². The van der Waals surface area contributed by atoms with Crippen molar-refractivity contribution in [2.45, 2.75) is 13.0 Å². The number of β-amino-alcohol motifs (C(OH)–C–C–N with tert-alkyl or cyclic N) is 1. The lowest BCUT2D eigenvalue weighted by Crippen LogP contribution is -2.48. The molecular formula is C19H23FN4O2. The molecule has 0 aliphatic carbocycles. The van der Waals surface area contributed by atoms with Gasteiger partial charge >= 0.3 is 0 Å². The molecule has 1 aromatic carbocycles. The number of benzene rings is 1. The van der Waals surface area contributed by atoms with Gasteiger partial charge in [-0.15, -0.1) is 0 Å². The Bertz CT molecular complexity index is 743. The number of carbonyl (C=O) groups is 1. The number of hydrogen-bond donors (Lipinski definition) is 2.